The van der Waals surface area contributed by atoms with Gasteiger partial charge in [-0.2, -0.15) is 0 Å². The first-order valence-corrected chi connectivity index (χ1v) is 7.95. The largest absolute Gasteiger partial charge is 0.462 e. The van der Waals surface area contributed by atoms with Gasteiger partial charge >= 0.3 is 5.97 Å². The van der Waals surface area contributed by atoms with Gasteiger partial charge < -0.3 is 10.1 Å². The average Bonchev–Trinajstić information content (AvgIpc) is 3.08. The van der Waals surface area contributed by atoms with E-state index in [2.05, 4.69) is 5.32 Å². The van der Waals surface area contributed by atoms with E-state index in [4.69, 9.17) is 4.74 Å². The minimum absolute atomic E-state index is 0.123. The Bertz CT molecular complexity index is 666. The zero-order valence-corrected chi connectivity index (χ0v) is 13.1. The van der Waals surface area contributed by atoms with Crippen LogP contribution < -0.4 is 5.32 Å². The highest BCUT2D eigenvalue weighted by atomic mass is 32.1. The van der Waals surface area contributed by atoms with Crippen LogP contribution in [0.25, 0.3) is 6.08 Å². The number of carbonyl (C=O) groups excluding carboxylic acids is 2. The summed E-state index contributed by atoms with van der Waals surface area (Å²) in [5.74, 6) is -0.921. The van der Waals surface area contributed by atoms with Crippen molar-refractivity contribution in [1.82, 2.24) is 5.32 Å². The predicted molar refractivity (Wildman–Crippen MR) is 87.7 cm³/mol. The highest BCUT2D eigenvalue weighted by molar-refractivity contribution is 7.12. The van der Waals surface area contributed by atoms with E-state index >= 15 is 0 Å². The Morgan fingerprint density at radius 1 is 1.22 bits per heavy atom. The van der Waals surface area contributed by atoms with Gasteiger partial charge in [0.2, 0.25) is 0 Å². The summed E-state index contributed by atoms with van der Waals surface area (Å²) >= 11 is 1.38. The van der Waals surface area contributed by atoms with Crippen LogP contribution in [0, 0.1) is 5.82 Å². The second-order valence-corrected chi connectivity index (χ2v) is 5.59. The summed E-state index contributed by atoms with van der Waals surface area (Å²) in [5.41, 5.74) is 0.714. The number of amides is 1. The molecule has 0 atom stereocenters. The molecule has 0 unspecified atom stereocenters. The van der Waals surface area contributed by atoms with E-state index in [-0.39, 0.29) is 18.3 Å². The Morgan fingerprint density at radius 2 is 2.00 bits per heavy atom. The highest BCUT2D eigenvalue weighted by Crippen LogP contribution is 2.07. The molecule has 0 fully saturated rings. The first kappa shape index (κ1) is 16.9. The molecule has 120 valence electrons. The van der Waals surface area contributed by atoms with Gasteiger partial charge in [-0.3, -0.25) is 4.79 Å². The standard InChI is InChI=1S/C17H16FNO3S/c18-14-7-4-13(5-8-14)6-9-16(20)22-11-2-10-19-17(21)15-3-1-12-23-15/h1,3-9,12H,2,10-11H2,(H,19,21)/b9-6+. The summed E-state index contributed by atoms with van der Waals surface area (Å²) in [6.07, 6.45) is 3.38. The molecule has 0 saturated heterocycles. The van der Waals surface area contributed by atoms with Crippen LogP contribution in [-0.2, 0) is 9.53 Å². The van der Waals surface area contributed by atoms with E-state index in [0.717, 1.165) is 0 Å². The topological polar surface area (TPSA) is 55.4 Å². The summed E-state index contributed by atoms with van der Waals surface area (Å²) in [7, 11) is 0. The number of hydrogen-bond donors (Lipinski definition) is 1. The molecule has 2 rings (SSSR count). The fourth-order valence-electron chi connectivity index (χ4n) is 1.73. The van der Waals surface area contributed by atoms with Crippen molar-refractivity contribution in [3.63, 3.8) is 0 Å². The molecule has 0 radical (unpaired) electrons. The van der Waals surface area contributed by atoms with Crippen LogP contribution in [0.5, 0.6) is 0 Å². The van der Waals surface area contributed by atoms with Gasteiger partial charge in [-0.25, -0.2) is 9.18 Å². The smallest absolute Gasteiger partial charge is 0.330 e. The molecule has 0 spiro atoms. The lowest BCUT2D eigenvalue weighted by Crippen LogP contribution is -2.24. The lowest BCUT2D eigenvalue weighted by Gasteiger charge is -2.04. The molecule has 0 bridgehead atoms. The zero-order chi connectivity index (χ0) is 16.5. The summed E-state index contributed by atoms with van der Waals surface area (Å²) in [6.45, 7) is 0.656. The Kier molecular flexibility index (Phi) is 6.50. The van der Waals surface area contributed by atoms with E-state index < -0.39 is 5.97 Å². The van der Waals surface area contributed by atoms with Crippen LogP contribution in [0.1, 0.15) is 21.7 Å². The lowest BCUT2D eigenvalue weighted by molar-refractivity contribution is -0.137. The molecule has 4 nitrogen and oxygen atoms in total. The van der Waals surface area contributed by atoms with Crippen molar-refractivity contribution in [2.75, 3.05) is 13.2 Å². The quantitative estimate of drug-likeness (QED) is 0.481. The molecular weight excluding hydrogens is 317 g/mol. The van der Waals surface area contributed by atoms with E-state index in [1.54, 1.807) is 24.3 Å². The molecule has 1 aromatic carbocycles. The number of carbonyl (C=O) groups is 2. The van der Waals surface area contributed by atoms with E-state index in [1.807, 2.05) is 11.4 Å². The predicted octanol–water partition coefficient (Wildman–Crippen LogP) is 3.26. The number of halogens is 1. The first-order chi connectivity index (χ1) is 11.1. The molecule has 1 N–H and O–H groups in total. The second-order valence-electron chi connectivity index (χ2n) is 4.64. The maximum absolute atomic E-state index is 12.7. The Balaban J connectivity index is 1.61. The number of nitrogens with one attached hydrogen (secondary N) is 1. The lowest BCUT2D eigenvalue weighted by atomic mass is 10.2. The van der Waals surface area contributed by atoms with Crippen molar-refractivity contribution >= 4 is 29.3 Å². The maximum atomic E-state index is 12.7. The Labute approximate surface area is 137 Å². The Morgan fingerprint density at radius 3 is 2.70 bits per heavy atom. The van der Waals surface area contributed by atoms with Crippen molar-refractivity contribution in [2.24, 2.45) is 0 Å². The van der Waals surface area contributed by atoms with Crippen LogP contribution in [-0.4, -0.2) is 25.0 Å². The fraction of sp³-hybridized carbons (Fsp3) is 0.176. The summed E-state index contributed by atoms with van der Waals surface area (Å²) in [6, 6.07) is 9.34. The number of rotatable bonds is 7. The summed E-state index contributed by atoms with van der Waals surface area (Å²) in [4.78, 5) is 23.8. The third kappa shape index (κ3) is 6.04. The minimum atomic E-state index is -0.473. The fourth-order valence-corrected chi connectivity index (χ4v) is 2.37. The van der Waals surface area contributed by atoms with Crippen LogP contribution in [0.2, 0.25) is 0 Å². The van der Waals surface area contributed by atoms with E-state index in [0.29, 0.717) is 23.4 Å². The van der Waals surface area contributed by atoms with Gasteiger partial charge in [-0.15, -0.1) is 11.3 Å². The van der Waals surface area contributed by atoms with Crippen molar-refractivity contribution in [2.45, 2.75) is 6.42 Å². The van der Waals surface area contributed by atoms with Crippen molar-refractivity contribution in [3.05, 3.63) is 64.1 Å². The molecule has 1 heterocycles. The maximum Gasteiger partial charge on any atom is 0.330 e. The molecule has 1 aromatic heterocycles. The summed E-state index contributed by atoms with van der Waals surface area (Å²) < 4.78 is 17.7. The molecular formula is C17H16FNO3S. The van der Waals surface area contributed by atoms with E-state index in [1.165, 1.54) is 29.5 Å². The molecule has 2 aromatic rings. The summed E-state index contributed by atoms with van der Waals surface area (Å²) in [5, 5.41) is 4.59. The molecule has 0 aliphatic rings. The average molecular weight is 333 g/mol. The van der Waals surface area contributed by atoms with Gasteiger partial charge in [0, 0.05) is 12.6 Å². The zero-order valence-electron chi connectivity index (χ0n) is 12.3. The third-order valence-electron chi connectivity index (χ3n) is 2.88. The number of ether oxygens (including phenoxy) is 1. The SMILES string of the molecule is O=C(/C=C/c1ccc(F)cc1)OCCCNC(=O)c1cccs1. The van der Waals surface area contributed by atoms with Crippen molar-refractivity contribution < 1.29 is 18.7 Å². The van der Waals surface area contributed by atoms with Gasteiger partial charge in [0.05, 0.1) is 11.5 Å². The number of benzene rings is 1. The molecule has 1 amide bonds. The molecule has 23 heavy (non-hydrogen) atoms. The van der Waals surface area contributed by atoms with Crippen LogP contribution in [0.3, 0.4) is 0 Å². The van der Waals surface area contributed by atoms with Crippen molar-refractivity contribution in [3.8, 4) is 0 Å². The highest BCUT2D eigenvalue weighted by Gasteiger charge is 2.05. The minimum Gasteiger partial charge on any atom is -0.462 e. The third-order valence-corrected chi connectivity index (χ3v) is 3.75. The number of thiophene rings is 1. The van der Waals surface area contributed by atoms with Crippen LogP contribution >= 0.6 is 11.3 Å². The van der Waals surface area contributed by atoms with Gasteiger partial charge in [0.25, 0.3) is 5.91 Å². The van der Waals surface area contributed by atoms with Gasteiger partial charge in [-0.1, -0.05) is 18.2 Å². The molecule has 6 heteroatoms. The number of hydrogen-bond acceptors (Lipinski definition) is 4. The van der Waals surface area contributed by atoms with Crippen molar-refractivity contribution in [1.29, 1.82) is 0 Å². The van der Waals surface area contributed by atoms with E-state index in [9.17, 15) is 14.0 Å². The monoisotopic (exact) mass is 333 g/mol. The van der Waals surface area contributed by atoms with Gasteiger partial charge in [-0.05, 0) is 41.6 Å². The second kappa shape index (κ2) is 8.85. The van der Waals surface area contributed by atoms with Crippen LogP contribution in [0.15, 0.2) is 47.9 Å². The molecule has 0 aliphatic carbocycles. The normalized spacial score (nSPS) is 10.7. The van der Waals surface area contributed by atoms with Gasteiger partial charge in [0.15, 0.2) is 0 Å². The van der Waals surface area contributed by atoms with Crippen LogP contribution in [0.4, 0.5) is 4.39 Å². The molecule has 0 saturated carbocycles. The Hall–Kier alpha value is -2.47. The first-order valence-electron chi connectivity index (χ1n) is 7.07. The number of esters is 1. The molecule has 0 aliphatic heterocycles. The van der Waals surface area contributed by atoms with Gasteiger partial charge in [0.1, 0.15) is 5.82 Å².